The largest absolute Gasteiger partial charge is 0.494 e. The molecule has 1 atom stereocenters. The molecular formula is C19H23N3O4S. The lowest BCUT2D eigenvalue weighted by Crippen LogP contribution is -2.33. The van der Waals surface area contributed by atoms with Crippen LogP contribution in [0.1, 0.15) is 24.8 Å². The minimum Gasteiger partial charge on any atom is -0.494 e. The number of carbonyl (C=O) groups excluding carboxylic acids is 2. The van der Waals surface area contributed by atoms with Gasteiger partial charge in [0.25, 0.3) is 0 Å². The summed E-state index contributed by atoms with van der Waals surface area (Å²) in [7, 11) is 1.56. The van der Waals surface area contributed by atoms with Crippen molar-refractivity contribution in [3.05, 3.63) is 40.4 Å². The molecule has 1 aromatic rings. The maximum atomic E-state index is 12.1. The van der Waals surface area contributed by atoms with E-state index in [1.54, 1.807) is 7.11 Å². The van der Waals surface area contributed by atoms with E-state index < -0.39 is 0 Å². The van der Waals surface area contributed by atoms with Crippen LogP contribution in [0.5, 0.6) is 5.75 Å². The van der Waals surface area contributed by atoms with Gasteiger partial charge in [0.1, 0.15) is 5.75 Å². The molecule has 27 heavy (non-hydrogen) atoms. The summed E-state index contributed by atoms with van der Waals surface area (Å²) in [5.74, 6) is 0.166. The smallest absolute Gasteiger partial charge is 0.230 e. The molecule has 1 aliphatic rings. The Bertz CT molecular complexity index is 740. The van der Waals surface area contributed by atoms with Crippen LogP contribution in [0.15, 0.2) is 34.9 Å². The Balaban J connectivity index is 2.13. The van der Waals surface area contributed by atoms with Crippen LogP contribution in [0.25, 0.3) is 0 Å². The van der Waals surface area contributed by atoms with Crippen molar-refractivity contribution in [3.8, 4) is 11.8 Å². The topological polar surface area (TPSA) is 100 Å². The van der Waals surface area contributed by atoms with E-state index in [4.69, 9.17) is 9.47 Å². The standard InChI is InChI=1S/C19H23N3O4S/c1-3-26-14-6-4-13(5-7-14)15-10-17(23)22-19(16(15)11-20)27-12-18(24)21-8-9-25-2/h4-7,15H,3,8-10,12H2,1-2H3,(H,21,24)(H,22,23)/t15-/m0/s1. The summed E-state index contributed by atoms with van der Waals surface area (Å²) in [5.41, 5.74) is 1.33. The highest BCUT2D eigenvalue weighted by Gasteiger charge is 2.29. The number of nitriles is 1. The van der Waals surface area contributed by atoms with Gasteiger partial charge in [0.15, 0.2) is 0 Å². The van der Waals surface area contributed by atoms with Gasteiger partial charge in [0, 0.05) is 26.0 Å². The Morgan fingerprint density at radius 2 is 2.15 bits per heavy atom. The Kier molecular flexibility index (Phi) is 8.17. The van der Waals surface area contributed by atoms with Gasteiger partial charge in [-0.05, 0) is 24.6 Å². The molecule has 0 bridgehead atoms. The van der Waals surface area contributed by atoms with Crippen molar-refractivity contribution in [2.75, 3.05) is 32.6 Å². The minimum absolute atomic E-state index is 0.112. The van der Waals surface area contributed by atoms with Crippen molar-refractivity contribution in [1.82, 2.24) is 10.6 Å². The molecule has 2 N–H and O–H groups in total. The second kappa shape index (κ2) is 10.6. The van der Waals surface area contributed by atoms with Gasteiger partial charge in [-0.3, -0.25) is 9.59 Å². The van der Waals surface area contributed by atoms with Crippen LogP contribution in [-0.2, 0) is 14.3 Å². The lowest BCUT2D eigenvalue weighted by atomic mass is 9.87. The molecule has 0 saturated heterocycles. The van der Waals surface area contributed by atoms with Crippen molar-refractivity contribution in [3.63, 3.8) is 0 Å². The van der Waals surface area contributed by atoms with Gasteiger partial charge in [-0.1, -0.05) is 23.9 Å². The van der Waals surface area contributed by atoms with Gasteiger partial charge >= 0.3 is 0 Å². The van der Waals surface area contributed by atoms with E-state index in [1.165, 1.54) is 0 Å². The molecule has 0 unspecified atom stereocenters. The molecule has 0 spiro atoms. The molecule has 0 radical (unpaired) electrons. The first-order chi connectivity index (χ1) is 13.1. The Labute approximate surface area is 163 Å². The van der Waals surface area contributed by atoms with Gasteiger partial charge in [0.05, 0.1) is 35.6 Å². The first-order valence-electron chi connectivity index (χ1n) is 8.64. The number of hydrogen-bond donors (Lipinski definition) is 2. The molecule has 0 fully saturated rings. The first kappa shape index (κ1) is 20.8. The molecule has 0 aliphatic carbocycles. The van der Waals surface area contributed by atoms with Gasteiger partial charge < -0.3 is 20.1 Å². The maximum absolute atomic E-state index is 12.1. The highest BCUT2D eigenvalue weighted by atomic mass is 32.2. The number of allylic oxidation sites excluding steroid dienone is 1. The highest BCUT2D eigenvalue weighted by Crippen LogP contribution is 2.36. The zero-order valence-electron chi connectivity index (χ0n) is 15.4. The third kappa shape index (κ3) is 6.01. The monoisotopic (exact) mass is 389 g/mol. The molecule has 0 saturated carbocycles. The van der Waals surface area contributed by atoms with Crippen LogP contribution in [0, 0.1) is 11.3 Å². The van der Waals surface area contributed by atoms with E-state index in [9.17, 15) is 14.9 Å². The summed E-state index contributed by atoms with van der Waals surface area (Å²) < 4.78 is 10.3. The number of thioether (sulfide) groups is 1. The summed E-state index contributed by atoms with van der Waals surface area (Å²) in [6, 6.07) is 9.59. The van der Waals surface area contributed by atoms with Crippen LogP contribution in [0.3, 0.4) is 0 Å². The van der Waals surface area contributed by atoms with Crippen molar-refractivity contribution in [1.29, 1.82) is 5.26 Å². The minimum atomic E-state index is -0.335. The van der Waals surface area contributed by atoms with Gasteiger partial charge in [-0.25, -0.2) is 0 Å². The second-order valence-electron chi connectivity index (χ2n) is 5.79. The fraction of sp³-hybridized carbons (Fsp3) is 0.421. The number of methoxy groups -OCH3 is 1. The lowest BCUT2D eigenvalue weighted by molar-refractivity contribution is -0.121. The summed E-state index contributed by atoms with van der Waals surface area (Å²) in [6.07, 6.45) is 0.195. The summed E-state index contributed by atoms with van der Waals surface area (Å²) >= 11 is 1.16. The molecule has 7 nitrogen and oxygen atoms in total. The normalized spacial score (nSPS) is 16.5. The molecule has 2 rings (SSSR count). The van der Waals surface area contributed by atoms with Crippen LogP contribution in [0.4, 0.5) is 0 Å². The molecular weight excluding hydrogens is 366 g/mol. The molecule has 1 heterocycles. The average molecular weight is 389 g/mol. The van der Waals surface area contributed by atoms with E-state index in [0.717, 1.165) is 23.1 Å². The summed E-state index contributed by atoms with van der Waals surface area (Å²) in [4.78, 5) is 24.0. The number of hydrogen-bond acceptors (Lipinski definition) is 6. The maximum Gasteiger partial charge on any atom is 0.230 e. The summed E-state index contributed by atoms with van der Waals surface area (Å²) in [5, 5.41) is 15.5. The third-order valence-corrected chi connectivity index (χ3v) is 4.94. The highest BCUT2D eigenvalue weighted by molar-refractivity contribution is 8.03. The predicted molar refractivity (Wildman–Crippen MR) is 103 cm³/mol. The molecule has 8 heteroatoms. The van der Waals surface area contributed by atoms with E-state index in [1.807, 2.05) is 31.2 Å². The van der Waals surface area contributed by atoms with Crippen molar-refractivity contribution >= 4 is 23.6 Å². The van der Waals surface area contributed by atoms with E-state index in [2.05, 4.69) is 16.7 Å². The number of nitrogens with one attached hydrogen (secondary N) is 2. The number of nitrogens with zero attached hydrogens (tertiary/aromatic N) is 1. The van der Waals surface area contributed by atoms with Gasteiger partial charge in [0.2, 0.25) is 11.8 Å². The van der Waals surface area contributed by atoms with E-state index >= 15 is 0 Å². The zero-order valence-corrected chi connectivity index (χ0v) is 16.2. The third-order valence-electron chi connectivity index (χ3n) is 3.93. The van der Waals surface area contributed by atoms with Gasteiger partial charge in [-0.2, -0.15) is 5.26 Å². The first-order valence-corrected chi connectivity index (χ1v) is 9.62. The van der Waals surface area contributed by atoms with Crippen LogP contribution in [0.2, 0.25) is 0 Å². The van der Waals surface area contributed by atoms with Crippen molar-refractivity contribution < 1.29 is 19.1 Å². The van der Waals surface area contributed by atoms with E-state index in [0.29, 0.717) is 30.4 Å². The van der Waals surface area contributed by atoms with E-state index in [-0.39, 0.29) is 29.9 Å². The van der Waals surface area contributed by atoms with Gasteiger partial charge in [-0.15, -0.1) is 0 Å². The SMILES string of the molecule is CCOc1ccc([C@@H]2CC(=O)NC(SCC(=O)NCCOC)=C2C#N)cc1. The Morgan fingerprint density at radius 1 is 1.41 bits per heavy atom. The summed E-state index contributed by atoms with van der Waals surface area (Å²) in [6.45, 7) is 3.33. The lowest BCUT2D eigenvalue weighted by Gasteiger charge is -2.25. The van der Waals surface area contributed by atoms with Crippen LogP contribution < -0.4 is 15.4 Å². The second-order valence-corrected chi connectivity index (χ2v) is 6.78. The molecule has 2 amide bonds. The Morgan fingerprint density at radius 3 is 2.78 bits per heavy atom. The number of rotatable bonds is 9. The fourth-order valence-corrected chi connectivity index (χ4v) is 3.57. The quantitative estimate of drug-likeness (QED) is 0.626. The average Bonchev–Trinajstić information content (AvgIpc) is 2.67. The molecule has 0 aromatic heterocycles. The fourth-order valence-electron chi connectivity index (χ4n) is 2.66. The number of ether oxygens (including phenoxy) is 2. The van der Waals surface area contributed by atoms with Crippen molar-refractivity contribution in [2.24, 2.45) is 0 Å². The molecule has 144 valence electrons. The van der Waals surface area contributed by atoms with Crippen LogP contribution in [-0.4, -0.2) is 44.4 Å². The van der Waals surface area contributed by atoms with Crippen LogP contribution >= 0.6 is 11.8 Å². The number of benzene rings is 1. The Hall–Kier alpha value is -2.50. The van der Waals surface area contributed by atoms with Crippen molar-refractivity contribution in [2.45, 2.75) is 19.3 Å². The zero-order chi connectivity index (χ0) is 19.6. The number of amides is 2. The predicted octanol–water partition coefficient (Wildman–Crippen LogP) is 1.92. The molecule has 1 aromatic carbocycles. The number of carbonyl (C=O) groups is 2. The molecule has 1 aliphatic heterocycles.